The number of hydrogen-bond acceptors (Lipinski definition) is 4. The zero-order chi connectivity index (χ0) is 24.9. The summed E-state index contributed by atoms with van der Waals surface area (Å²) in [6.07, 6.45) is 0.884. The number of rotatable bonds is 4. The molecule has 1 amide bonds. The SMILES string of the molecule is [C-]#[N+]c1ccc(-c2nc(C(=O)N3CC[C@H](NC)C3)c(C)n2-c2ccc3nn(C)c(C)c3c2)cc1F. The molecule has 4 aromatic rings. The summed E-state index contributed by atoms with van der Waals surface area (Å²) in [7, 11) is 3.80. The first kappa shape index (κ1) is 22.7. The molecule has 1 saturated heterocycles. The van der Waals surface area contributed by atoms with Crippen LogP contribution in [0.5, 0.6) is 0 Å². The molecule has 35 heavy (non-hydrogen) atoms. The van der Waals surface area contributed by atoms with Gasteiger partial charge in [-0.2, -0.15) is 5.10 Å². The van der Waals surface area contributed by atoms with Crippen molar-refractivity contribution in [3.05, 3.63) is 70.7 Å². The number of nitrogens with zero attached hydrogens (tertiary/aromatic N) is 6. The summed E-state index contributed by atoms with van der Waals surface area (Å²) >= 11 is 0. The maximum Gasteiger partial charge on any atom is 0.274 e. The van der Waals surface area contributed by atoms with E-state index >= 15 is 0 Å². The Kier molecular flexibility index (Phi) is 5.61. The number of carbonyl (C=O) groups is 1. The zero-order valence-corrected chi connectivity index (χ0v) is 20.1. The molecule has 1 N–H and O–H groups in total. The minimum absolute atomic E-state index is 0.0533. The van der Waals surface area contributed by atoms with Crippen LogP contribution in [-0.4, -0.2) is 56.3 Å². The van der Waals surface area contributed by atoms with Crippen molar-refractivity contribution in [2.75, 3.05) is 20.1 Å². The van der Waals surface area contributed by atoms with Crippen LogP contribution in [-0.2, 0) is 7.05 Å². The molecule has 1 fully saturated rings. The molecule has 3 heterocycles. The number of benzene rings is 2. The second-order valence-corrected chi connectivity index (χ2v) is 8.92. The standard InChI is InChI=1S/C26H26FN7O/c1-15-20-13-19(7-9-22(20)31-32(15)5)34-16(2)24(26(35)33-11-10-18(14-33)28-3)30-25(34)17-6-8-23(29-4)21(27)12-17/h6-9,12-13,18,28H,10-11,14H2,1-3,5H3/t18-/m0/s1. The number of imidazole rings is 1. The molecule has 5 rings (SSSR count). The van der Waals surface area contributed by atoms with Crippen molar-refractivity contribution in [2.45, 2.75) is 26.3 Å². The van der Waals surface area contributed by atoms with Crippen LogP contribution < -0.4 is 5.32 Å². The number of aromatic nitrogens is 4. The predicted octanol–water partition coefficient (Wildman–Crippen LogP) is 4.17. The smallest absolute Gasteiger partial charge is 0.274 e. The van der Waals surface area contributed by atoms with E-state index in [1.54, 1.807) is 6.07 Å². The number of amides is 1. The summed E-state index contributed by atoms with van der Waals surface area (Å²) in [6.45, 7) is 12.3. The molecule has 9 heteroatoms. The van der Waals surface area contributed by atoms with Crippen LogP contribution in [0, 0.1) is 26.2 Å². The van der Waals surface area contributed by atoms with Crippen LogP contribution in [0.4, 0.5) is 10.1 Å². The van der Waals surface area contributed by atoms with E-state index in [0.29, 0.717) is 35.9 Å². The molecule has 1 aliphatic rings. The molecule has 2 aromatic carbocycles. The summed E-state index contributed by atoms with van der Waals surface area (Å²) in [5, 5.41) is 8.75. The monoisotopic (exact) mass is 471 g/mol. The fraction of sp³-hybridized carbons (Fsp3) is 0.308. The molecule has 2 aromatic heterocycles. The van der Waals surface area contributed by atoms with Crippen LogP contribution in [0.25, 0.3) is 32.8 Å². The van der Waals surface area contributed by atoms with E-state index in [1.807, 2.05) is 60.3 Å². The summed E-state index contributed by atoms with van der Waals surface area (Å²) in [4.78, 5) is 23.3. The van der Waals surface area contributed by atoms with E-state index in [2.05, 4.69) is 15.3 Å². The lowest BCUT2D eigenvalue weighted by molar-refractivity contribution is 0.0783. The van der Waals surface area contributed by atoms with Crippen molar-refractivity contribution < 1.29 is 9.18 Å². The first-order valence-electron chi connectivity index (χ1n) is 11.5. The molecule has 0 aliphatic carbocycles. The molecule has 0 saturated carbocycles. The van der Waals surface area contributed by atoms with Gasteiger partial charge in [0.1, 0.15) is 17.3 Å². The van der Waals surface area contributed by atoms with Gasteiger partial charge >= 0.3 is 0 Å². The second kappa shape index (κ2) is 8.64. The van der Waals surface area contributed by atoms with Crippen molar-refractivity contribution >= 4 is 22.5 Å². The first-order valence-corrected chi connectivity index (χ1v) is 11.5. The van der Waals surface area contributed by atoms with E-state index in [4.69, 9.17) is 11.6 Å². The molecule has 0 spiro atoms. The third-order valence-corrected chi connectivity index (χ3v) is 6.89. The Balaban J connectivity index is 1.69. The van der Waals surface area contributed by atoms with Crippen molar-refractivity contribution in [3.8, 4) is 17.1 Å². The fourth-order valence-corrected chi connectivity index (χ4v) is 4.73. The highest BCUT2D eigenvalue weighted by atomic mass is 19.1. The lowest BCUT2D eigenvalue weighted by Gasteiger charge is -2.16. The molecule has 1 atom stereocenters. The number of nitrogens with one attached hydrogen (secondary N) is 1. The summed E-state index contributed by atoms with van der Waals surface area (Å²) in [6, 6.07) is 10.6. The van der Waals surface area contributed by atoms with Gasteiger partial charge in [-0.25, -0.2) is 14.2 Å². The molecule has 178 valence electrons. The van der Waals surface area contributed by atoms with E-state index in [0.717, 1.165) is 28.7 Å². The van der Waals surface area contributed by atoms with Crippen LogP contribution in [0.3, 0.4) is 0 Å². The molecule has 0 radical (unpaired) electrons. The predicted molar refractivity (Wildman–Crippen MR) is 132 cm³/mol. The van der Waals surface area contributed by atoms with E-state index in [1.165, 1.54) is 12.1 Å². The maximum absolute atomic E-state index is 14.6. The van der Waals surface area contributed by atoms with Gasteiger partial charge in [0.05, 0.1) is 17.8 Å². The van der Waals surface area contributed by atoms with Gasteiger partial charge < -0.3 is 10.2 Å². The zero-order valence-electron chi connectivity index (χ0n) is 20.1. The van der Waals surface area contributed by atoms with Gasteiger partial charge in [0.15, 0.2) is 0 Å². The third kappa shape index (κ3) is 3.76. The van der Waals surface area contributed by atoms with E-state index < -0.39 is 5.82 Å². The Labute approximate surface area is 202 Å². The fourth-order valence-electron chi connectivity index (χ4n) is 4.73. The second-order valence-electron chi connectivity index (χ2n) is 8.92. The number of aryl methyl sites for hydroxylation is 2. The Bertz CT molecular complexity index is 1510. The minimum Gasteiger partial charge on any atom is -0.336 e. The molecule has 1 aliphatic heterocycles. The molecular formula is C26H26FN7O. The topological polar surface area (TPSA) is 72.3 Å². The maximum atomic E-state index is 14.6. The largest absolute Gasteiger partial charge is 0.336 e. The van der Waals surface area contributed by atoms with Crippen LogP contribution in [0.2, 0.25) is 0 Å². The molecule has 0 bridgehead atoms. The molecular weight excluding hydrogens is 445 g/mol. The average molecular weight is 472 g/mol. The molecule has 8 nitrogen and oxygen atoms in total. The number of likely N-dealkylation sites (tertiary alicyclic amines) is 1. The summed E-state index contributed by atoms with van der Waals surface area (Å²) in [5.74, 6) is -0.309. The van der Waals surface area contributed by atoms with Crippen molar-refractivity contribution in [1.82, 2.24) is 29.5 Å². The van der Waals surface area contributed by atoms with E-state index in [-0.39, 0.29) is 17.6 Å². The van der Waals surface area contributed by atoms with E-state index in [9.17, 15) is 9.18 Å². The van der Waals surface area contributed by atoms with Gasteiger partial charge in [0.25, 0.3) is 5.91 Å². The lowest BCUT2D eigenvalue weighted by atomic mass is 10.1. The van der Waals surface area contributed by atoms with Gasteiger partial charge in [-0.15, -0.1) is 0 Å². The van der Waals surface area contributed by atoms with Crippen LogP contribution >= 0.6 is 0 Å². The van der Waals surface area contributed by atoms with Gasteiger partial charge in [-0.1, -0.05) is 12.1 Å². The average Bonchev–Trinajstić information content (AvgIpc) is 3.55. The van der Waals surface area contributed by atoms with Crippen molar-refractivity contribution in [1.29, 1.82) is 0 Å². The number of fused-ring (bicyclic) bond motifs is 1. The van der Waals surface area contributed by atoms with Crippen LogP contribution in [0.15, 0.2) is 36.4 Å². The lowest BCUT2D eigenvalue weighted by Crippen LogP contribution is -2.34. The van der Waals surface area contributed by atoms with Crippen LogP contribution in [0.1, 0.15) is 28.3 Å². The minimum atomic E-state index is -0.618. The van der Waals surface area contributed by atoms with Gasteiger partial charge in [0, 0.05) is 48.5 Å². The summed E-state index contributed by atoms with van der Waals surface area (Å²) < 4.78 is 18.3. The highest BCUT2D eigenvalue weighted by Gasteiger charge is 2.30. The Hall–Kier alpha value is -4.03. The number of hydrogen-bond donors (Lipinski definition) is 1. The number of carbonyl (C=O) groups excluding carboxylic acids is 1. The number of likely N-dealkylation sites (N-methyl/N-ethyl adjacent to an activating group) is 1. The quantitative estimate of drug-likeness (QED) is 0.454. The van der Waals surface area contributed by atoms with Gasteiger partial charge in [-0.3, -0.25) is 14.0 Å². The Morgan fingerprint density at radius 2 is 2.00 bits per heavy atom. The summed E-state index contributed by atoms with van der Waals surface area (Å²) in [5.41, 5.74) is 4.14. The Morgan fingerprint density at radius 3 is 2.69 bits per heavy atom. The third-order valence-electron chi connectivity index (χ3n) is 6.89. The Morgan fingerprint density at radius 1 is 1.20 bits per heavy atom. The molecule has 0 unspecified atom stereocenters. The highest BCUT2D eigenvalue weighted by molar-refractivity contribution is 5.95. The normalized spacial score (nSPS) is 15.7. The van der Waals surface area contributed by atoms with Gasteiger partial charge in [0.2, 0.25) is 5.69 Å². The van der Waals surface area contributed by atoms with Crippen molar-refractivity contribution in [2.24, 2.45) is 7.05 Å². The highest BCUT2D eigenvalue weighted by Crippen LogP contribution is 2.32. The van der Waals surface area contributed by atoms with Gasteiger partial charge in [-0.05, 0) is 51.6 Å². The number of halogens is 1. The van der Waals surface area contributed by atoms with Crippen molar-refractivity contribution in [3.63, 3.8) is 0 Å². The first-order chi connectivity index (χ1) is 16.8.